The summed E-state index contributed by atoms with van der Waals surface area (Å²) in [5.41, 5.74) is 3.98. The van der Waals surface area contributed by atoms with Crippen LogP contribution in [0.1, 0.15) is 27.3 Å². The number of nitrogens with zero attached hydrogens (tertiary/aromatic N) is 2. The van der Waals surface area contributed by atoms with E-state index in [1.165, 1.54) is 0 Å². The fraction of sp³-hybridized carbons (Fsp3) is 0.176. The first-order chi connectivity index (χ1) is 10.6. The van der Waals surface area contributed by atoms with Gasteiger partial charge >= 0.3 is 5.97 Å². The molecule has 0 atom stereocenters. The highest BCUT2D eigenvalue weighted by atomic mass is 32.1. The highest BCUT2D eigenvalue weighted by molar-refractivity contribution is 7.13. The zero-order valence-corrected chi connectivity index (χ0v) is 13.2. The quantitative estimate of drug-likeness (QED) is 0.793. The van der Waals surface area contributed by atoms with Gasteiger partial charge in [0.15, 0.2) is 0 Å². The Hall–Kier alpha value is -2.40. The molecule has 0 bridgehead atoms. The number of aryl methyl sites for hydroxylation is 1. The molecular weight excluding hydrogens is 296 g/mol. The zero-order chi connectivity index (χ0) is 15.7. The summed E-state index contributed by atoms with van der Waals surface area (Å²) in [5.74, 6) is -0.878. The lowest BCUT2D eigenvalue weighted by Crippen LogP contribution is -2.04. The van der Waals surface area contributed by atoms with Crippen molar-refractivity contribution in [3.63, 3.8) is 0 Å². The Kier molecular flexibility index (Phi) is 3.81. The standard InChI is InChI=1S/C17H16N2O2S/c1-11-8-19(12(2)15(11)17(20)21)9-14-10-22-16(18-14)13-6-4-3-5-7-13/h3-8,10H,9H2,1-2H3,(H,20,21). The number of carbonyl (C=O) groups is 1. The van der Waals surface area contributed by atoms with Gasteiger partial charge in [-0.25, -0.2) is 9.78 Å². The van der Waals surface area contributed by atoms with Gasteiger partial charge in [-0.15, -0.1) is 11.3 Å². The van der Waals surface area contributed by atoms with E-state index in [0.29, 0.717) is 12.1 Å². The van der Waals surface area contributed by atoms with Crippen LogP contribution < -0.4 is 0 Å². The molecule has 3 rings (SSSR count). The third-order valence-electron chi connectivity index (χ3n) is 3.66. The monoisotopic (exact) mass is 312 g/mol. The fourth-order valence-corrected chi connectivity index (χ4v) is 3.40. The Labute approximate surface area is 132 Å². The Bertz CT molecular complexity index is 819. The Morgan fingerprint density at radius 1 is 1.27 bits per heavy atom. The highest BCUT2D eigenvalue weighted by Crippen LogP contribution is 2.24. The first-order valence-corrected chi connectivity index (χ1v) is 7.83. The van der Waals surface area contributed by atoms with Crippen molar-refractivity contribution in [2.45, 2.75) is 20.4 Å². The van der Waals surface area contributed by atoms with Crippen LogP contribution in [0.4, 0.5) is 0 Å². The van der Waals surface area contributed by atoms with Crippen molar-refractivity contribution in [2.75, 3.05) is 0 Å². The van der Waals surface area contributed by atoms with Crippen LogP contribution in [-0.4, -0.2) is 20.6 Å². The van der Waals surface area contributed by atoms with Gasteiger partial charge in [0, 0.05) is 22.8 Å². The van der Waals surface area contributed by atoms with Crippen LogP contribution >= 0.6 is 11.3 Å². The van der Waals surface area contributed by atoms with Crippen molar-refractivity contribution in [1.82, 2.24) is 9.55 Å². The normalized spacial score (nSPS) is 10.8. The van der Waals surface area contributed by atoms with E-state index in [4.69, 9.17) is 0 Å². The number of thiazole rings is 1. The van der Waals surface area contributed by atoms with Crippen molar-refractivity contribution in [3.05, 3.63) is 64.4 Å². The van der Waals surface area contributed by atoms with Gasteiger partial charge in [-0.2, -0.15) is 0 Å². The van der Waals surface area contributed by atoms with Crippen LogP contribution in [0.25, 0.3) is 10.6 Å². The summed E-state index contributed by atoms with van der Waals surface area (Å²) in [4.78, 5) is 15.9. The predicted molar refractivity (Wildman–Crippen MR) is 87.5 cm³/mol. The number of carboxylic acid groups (broad SMARTS) is 1. The maximum absolute atomic E-state index is 11.3. The van der Waals surface area contributed by atoms with E-state index in [1.54, 1.807) is 11.3 Å². The molecule has 0 aliphatic carbocycles. The zero-order valence-electron chi connectivity index (χ0n) is 12.4. The van der Waals surface area contributed by atoms with Gasteiger partial charge in [0.05, 0.1) is 17.8 Å². The Balaban J connectivity index is 1.88. The number of hydrogen-bond donors (Lipinski definition) is 1. The van der Waals surface area contributed by atoms with Crippen molar-refractivity contribution in [1.29, 1.82) is 0 Å². The molecule has 2 aromatic heterocycles. The molecule has 0 radical (unpaired) electrons. The maximum atomic E-state index is 11.3. The molecule has 0 amide bonds. The van der Waals surface area contributed by atoms with Gasteiger partial charge in [0.25, 0.3) is 0 Å². The Morgan fingerprint density at radius 2 is 2.00 bits per heavy atom. The van der Waals surface area contributed by atoms with Gasteiger partial charge < -0.3 is 9.67 Å². The summed E-state index contributed by atoms with van der Waals surface area (Å²) in [7, 11) is 0. The molecule has 4 nitrogen and oxygen atoms in total. The molecule has 0 fully saturated rings. The van der Waals surface area contributed by atoms with E-state index in [9.17, 15) is 9.90 Å². The number of carboxylic acids is 1. The van der Waals surface area contributed by atoms with Gasteiger partial charge in [0.1, 0.15) is 5.01 Å². The maximum Gasteiger partial charge on any atom is 0.337 e. The summed E-state index contributed by atoms with van der Waals surface area (Å²) in [6, 6.07) is 10.0. The van der Waals surface area contributed by atoms with Crippen LogP contribution in [0.2, 0.25) is 0 Å². The molecule has 0 aliphatic heterocycles. The van der Waals surface area contributed by atoms with Crippen LogP contribution in [0.3, 0.4) is 0 Å². The largest absolute Gasteiger partial charge is 0.478 e. The van der Waals surface area contributed by atoms with Gasteiger partial charge in [-0.1, -0.05) is 30.3 Å². The number of aromatic nitrogens is 2. The molecule has 1 aromatic carbocycles. The second-order valence-corrected chi connectivity index (χ2v) is 6.07. The lowest BCUT2D eigenvalue weighted by molar-refractivity contribution is 0.0695. The Morgan fingerprint density at radius 3 is 2.64 bits per heavy atom. The molecule has 5 heteroatoms. The molecule has 3 aromatic rings. The van der Waals surface area contributed by atoms with Crippen LogP contribution in [0, 0.1) is 13.8 Å². The van der Waals surface area contributed by atoms with Gasteiger partial charge in [-0.05, 0) is 19.4 Å². The molecule has 0 aliphatic rings. The topological polar surface area (TPSA) is 55.1 Å². The summed E-state index contributed by atoms with van der Waals surface area (Å²) < 4.78 is 1.95. The fourth-order valence-electron chi connectivity index (χ4n) is 2.58. The minimum atomic E-state index is -0.878. The lowest BCUT2D eigenvalue weighted by Gasteiger charge is -2.04. The van der Waals surface area contributed by atoms with Gasteiger partial charge in [0.2, 0.25) is 0 Å². The molecule has 22 heavy (non-hydrogen) atoms. The smallest absolute Gasteiger partial charge is 0.337 e. The van der Waals surface area contributed by atoms with E-state index in [1.807, 2.05) is 60.3 Å². The average Bonchev–Trinajstić information content (AvgIpc) is 3.06. The number of benzene rings is 1. The lowest BCUT2D eigenvalue weighted by atomic mass is 10.2. The van der Waals surface area contributed by atoms with Crippen LogP contribution in [-0.2, 0) is 6.54 Å². The average molecular weight is 312 g/mol. The van der Waals surface area contributed by atoms with E-state index in [0.717, 1.165) is 27.5 Å². The van der Waals surface area contributed by atoms with Crippen LogP contribution in [0.5, 0.6) is 0 Å². The molecule has 1 N–H and O–H groups in total. The minimum absolute atomic E-state index is 0.388. The van der Waals surface area contributed by atoms with Crippen molar-refractivity contribution in [2.24, 2.45) is 0 Å². The predicted octanol–water partition coefficient (Wildman–Crippen LogP) is 3.97. The third kappa shape index (κ3) is 2.67. The van der Waals surface area contributed by atoms with Crippen molar-refractivity contribution < 1.29 is 9.90 Å². The summed E-state index contributed by atoms with van der Waals surface area (Å²) in [6.45, 7) is 4.24. The second kappa shape index (κ2) is 5.77. The molecular formula is C17H16N2O2S. The van der Waals surface area contributed by atoms with Gasteiger partial charge in [-0.3, -0.25) is 0 Å². The number of rotatable bonds is 4. The molecule has 112 valence electrons. The first kappa shape index (κ1) is 14.5. The SMILES string of the molecule is Cc1cn(Cc2csc(-c3ccccc3)n2)c(C)c1C(=O)O. The molecule has 0 saturated heterocycles. The molecule has 0 unspecified atom stereocenters. The van der Waals surface area contributed by atoms with Crippen molar-refractivity contribution in [3.8, 4) is 10.6 Å². The van der Waals surface area contributed by atoms with E-state index < -0.39 is 5.97 Å². The molecule has 2 heterocycles. The number of hydrogen-bond acceptors (Lipinski definition) is 3. The molecule has 0 saturated carbocycles. The van der Waals surface area contributed by atoms with E-state index in [2.05, 4.69) is 4.98 Å². The van der Waals surface area contributed by atoms with E-state index >= 15 is 0 Å². The molecule has 0 spiro atoms. The number of aromatic carboxylic acids is 1. The summed E-state index contributed by atoms with van der Waals surface area (Å²) in [6.07, 6.45) is 1.88. The summed E-state index contributed by atoms with van der Waals surface area (Å²) >= 11 is 1.60. The van der Waals surface area contributed by atoms with Crippen molar-refractivity contribution >= 4 is 17.3 Å². The second-order valence-electron chi connectivity index (χ2n) is 5.22. The summed E-state index contributed by atoms with van der Waals surface area (Å²) in [5, 5.41) is 12.3. The van der Waals surface area contributed by atoms with E-state index in [-0.39, 0.29) is 0 Å². The minimum Gasteiger partial charge on any atom is -0.478 e. The third-order valence-corrected chi connectivity index (χ3v) is 4.60. The first-order valence-electron chi connectivity index (χ1n) is 6.95. The highest BCUT2D eigenvalue weighted by Gasteiger charge is 2.16. The van der Waals surface area contributed by atoms with Crippen LogP contribution in [0.15, 0.2) is 41.9 Å².